The molecule has 12 heteroatoms. The summed E-state index contributed by atoms with van der Waals surface area (Å²) in [6, 6.07) is 21.1. The largest absolute Gasteiger partial charge is 0.459 e. The third kappa shape index (κ3) is 9.98. The molecule has 3 aromatic carbocycles. The number of nitrogens with one attached hydrogen (secondary N) is 4. The van der Waals surface area contributed by atoms with E-state index in [1.54, 1.807) is 32.6 Å². The second-order valence-corrected chi connectivity index (χ2v) is 17.6. The van der Waals surface area contributed by atoms with Gasteiger partial charge in [-0.2, -0.15) is 0 Å². The Morgan fingerprint density at radius 3 is 2.12 bits per heavy atom. The lowest BCUT2D eigenvalue weighted by Gasteiger charge is -2.35. The first-order valence-corrected chi connectivity index (χ1v) is 21.4. The van der Waals surface area contributed by atoms with E-state index < -0.39 is 47.7 Å². The number of rotatable bonds is 12. The summed E-state index contributed by atoms with van der Waals surface area (Å²) >= 11 is 0. The number of likely N-dealkylation sites (tertiary alicyclic amines) is 1. The summed E-state index contributed by atoms with van der Waals surface area (Å²) in [6.45, 7) is 7.02. The molecular formula is C47H59N5O7. The van der Waals surface area contributed by atoms with E-state index >= 15 is 0 Å². The fraction of sp³-hybridized carbons (Fsp3) is 0.511. The SMILES string of the molecule is CC(NCC(=O)OC(C)(C)C)C(=O)NC(C(=O)N1C[C@@H](NC(=O)OCC2c3ccccc3-c3ccccc32)C[C@H]1C(=O)NC1CCCc2ccccc21)C1CCCCC1. The van der Waals surface area contributed by atoms with E-state index in [0.29, 0.717) is 0 Å². The van der Waals surface area contributed by atoms with Crippen LogP contribution in [0.5, 0.6) is 0 Å². The molecule has 1 saturated carbocycles. The van der Waals surface area contributed by atoms with Gasteiger partial charge in [0.05, 0.1) is 24.7 Å². The van der Waals surface area contributed by atoms with Crippen LogP contribution in [0.3, 0.4) is 0 Å². The number of carbonyl (C=O) groups excluding carboxylic acids is 5. The van der Waals surface area contributed by atoms with Crippen LogP contribution in [-0.4, -0.2) is 84.1 Å². The molecule has 12 nitrogen and oxygen atoms in total. The molecule has 0 aromatic heterocycles. The topological polar surface area (TPSA) is 155 Å². The first-order chi connectivity index (χ1) is 28.4. The van der Waals surface area contributed by atoms with Gasteiger partial charge in [0.2, 0.25) is 17.7 Å². The number of benzene rings is 3. The predicted molar refractivity (Wildman–Crippen MR) is 224 cm³/mol. The first kappa shape index (κ1) is 41.9. The van der Waals surface area contributed by atoms with Crippen molar-refractivity contribution in [2.45, 2.75) is 127 Å². The fourth-order valence-electron chi connectivity index (χ4n) is 9.42. The number of hydrogen-bond acceptors (Lipinski definition) is 8. The van der Waals surface area contributed by atoms with Gasteiger partial charge >= 0.3 is 12.1 Å². The minimum Gasteiger partial charge on any atom is -0.459 e. The highest BCUT2D eigenvalue weighted by Crippen LogP contribution is 2.44. The van der Waals surface area contributed by atoms with Gasteiger partial charge in [-0.25, -0.2) is 4.79 Å². The van der Waals surface area contributed by atoms with Crippen LogP contribution in [0.25, 0.3) is 11.1 Å². The van der Waals surface area contributed by atoms with E-state index in [1.807, 2.05) is 42.5 Å². The van der Waals surface area contributed by atoms with E-state index in [1.165, 1.54) is 5.56 Å². The molecule has 7 rings (SSSR count). The summed E-state index contributed by atoms with van der Waals surface area (Å²) in [5.74, 6) is -1.82. The molecule has 59 heavy (non-hydrogen) atoms. The lowest BCUT2D eigenvalue weighted by atomic mass is 9.83. The Kier molecular flexibility index (Phi) is 13.0. The fourth-order valence-corrected chi connectivity index (χ4v) is 9.42. The van der Waals surface area contributed by atoms with E-state index in [4.69, 9.17) is 9.47 Å². The second kappa shape index (κ2) is 18.4. The monoisotopic (exact) mass is 805 g/mol. The molecule has 3 unspecified atom stereocenters. The number of aryl methyl sites for hydroxylation is 1. The number of fused-ring (bicyclic) bond motifs is 4. The number of nitrogens with zero attached hydrogens (tertiary/aromatic N) is 1. The molecular weight excluding hydrogens is 747 g/mol. The molecule has 1 saturated heterocycles. The van der Waals surface area contributed by atoms with E-state index in [-0.39, 0.29) is 55.8 Å². The van der Waals surface area contributed by atoms with Crippen LogP contribution in [0.15, 0.2) is 72.8 Å². The van der Waals surface area contributed by atoms with Gasteiger partial charge in [0.25, 0.3) is 0 Å². The molecule has 314 valence electrons. The van der Waals surface area contributed by atoms with Gasteiger partial charge in [-0.1, -0.05) is 92.1 Å². The molecule has 0 spiro atoms. The third-order valence-corrected chi connectivity index (χ3v) is 12.3. The molecule has 0 radical (unpaired) electrons. The van der Waals surface area contributed by atoms with Crippen LogP contribution in [-0.2, 0) is 35.1 Å². The van der Waals surface area contributed by atoms with Crippen molar-refractivity contribution in [3.8, 4) is 11.1 Å². The quantitative estimate of drug-likeness (QED) is 0.161. The van der Waals surface area contributed by atoms with Crippen LogP contribution >= 0.6 is 0 Å². The Hall–Kier alpha value is -5.23. The first-order valence-electron chi connectivity index (χ1n) is 21.4. The molecule has 3 aromatic rings. The van der Waals surface area contributed by atoms with Crippen molar-refractivity contribution in [3.05, 3.63) is 95.1 Å². The number of esters is 1. The Bertz CT molecular complexity index is 1980. The molecule has 1 aliphatic heterocycles. The smallest absolute Gasteiger partial charge is 0.407 e. The Morgan fingerprint density at radius 1 is 0.797 bits per heavy atom. The highest BCUT2D eigenvalue weighted by molar-refractivity contribution is 5.94. The average Bonchev–Trinajstić information content (AvgIpc) is 3.79. The van der Waals surface area contributed by atoms with Crippen molar-refractivity contribution >= 4 is 29.8 Å². The number of ether oxygens (including phenoxy) is 2. The maximum absolute atomic E-state index is 14.9. The Balaban J connectivity index is 1.07. The summed E-state index contributed by atoms with van der Waals surface area (Å²) < 4.78 is 11.3. The predicted octanol–water partition coefficient (Wildman–Crippen LogP) is 6.07. The summed E-state index contributed by atoms with van der Waals surface area (Å²) in [6.07, 6.45) is 6.62. The highest BCUT2D eigenvalue weighted by atomic mass is 16.6. The van der Waals surface area contributed by atoms with Gasteiger partial charge in [0.1, 0.15) is 24.3 Å². The summed E-state index contributed by atoms with van der Waals surface area (Å²) in [7, 11) is 0. The van der Waals surface area contributed by atoms with Crippen molar-refractivity contribution in [1.29, 1.82) is 0 Å². The average molecular weight is 806 g/mol. The molecule has 4 N–H and O–H groups in total. The van der Waals surface area contributed by atoms with Gasteiger partial charge in [-0.15, -0.1) is 0 Å². The van der Waals surface area contributed by atoms with Crippen LogP contribution in [0, 0.1) is 5.92 Å². The number of alkyl carbamates (subject to hydrolysis) is 1. The van der Waals surface area contributed by atoms with Crippen LogP contribution < -0.4 is 21.3 Å². The number of amides is 4. The van der Waals surface area contributed by atoms with Gasteiger partial charge in [-0.05, 0) is 106 Å². The standard InChI is InChI=1S/C47H59N5O7/c1-29(48-26-41(53)59-47(2,3)4)43(54)51-42(31-16-6-5-7-17-31)45(56)52-27-32(25-40(52)44(55)50-39-24-14-18-30-15-8-9-19-33(30)39)49-46(57)58-28-38-36-22-12-10-20-34(36)35-21-11-13-23-37(35)38/h8-13,15,19-23,29,31-32,38-40,42,48H,5-7,14,16-18,24-28H2,1-4H3,(H,49,57)(H,50,55)(H,51,54)/t29?,32-,39?,40-,42?/m0/s1. The summed E-state index contributed by atoms with van der Waals surface area (Å²) in [5, 5.41) is 12.2. The maximum Gasteiger partial charge on any atom is 0.407 e. The van der Waals surface area contributed by atoms with Crippen molar-refractivity contribution in [2.24, 2.45) is 5.92 Å². The van der Waals surface area contributed by atoms with E-state index in [2.05, 4.69) is 51.6 Å². The zero-order chi connectivity index (χ0) is 41.7. The van der Waals surface area contributed by atoms with Gasteiger partial charge in [-0.3, -0.25) is 24.5 Å². The van der Waals surface area contributed by atoms with Gasteiger partial charge in [0.15, 0.2) is 0 Å². The Morgan fingerprint density at radius 2 is 1.44 bits per heavy atom. The molecule has 4 aliphatic rings. The third-order valence-electron chi connectivity index (χ3n) is 12.3. The normalized spacial score (nSPS) is 21.3. The van der Waals surface area contributed by atoms with Crippen molar-refractivity contribution < 1.29 is 33.4 Å². The molecule has 0 bridgehead atoms. The van der Waals surface area contributed by atoms with Crippen molar-refractivity contribution in [1.82, 2.24) is 26.2 Å². The molecule has 4 amide bonds. The Labute approximate surface area is 347 Å². The minimum atomic E-state index is -0.896. The lowest BCUT2D eigenvalue weighted by molar-refractivity contribution is -0.153. The van der Waals surface area contributed by atoms with Crippen LogP contribution in [0.1, 0.15) is 113 Å². The zero-order valence-electron chi connectivity index (χ0n) is 34.8. The highest BCUT2D eigenvalue weighted by Gasteiger charge is 2.45. The number of carbonyl (C=O) groups is 5. The summed E-state index contributed by atoms with van der Waals surface area (Å²) in [4.78, 5) is 70.5. The van der Waals surface area contributed by atoms with Crippen LogP contribution in [0.2, 0.25) is 0 Å². The van der Waals surface area contributed by atoms with Crippen molar-refractivity contribution in [3.63, 3.8) is 0 Å². The van der Waals surface area contributed by atoms with Gasteiger partial charge < -0.3 is 30.3 Å². The lowest BCUT2D eigenvalue weighted by Crippen LogP contribution is -2.58. The van der Waals surface area contributed by atoms with Crippen LogP contribution in [0.4, 0.5) is 4.79 Å². The van der Waals surface area contributed by atoms with E-state index in [0.717, 1.165) is 79.2 Å². The molecule has 5 atom stereocenters. The zero-order valence-corrected chi connectivity index (χ0v) is 34.8. The summed E-state index contributed by atoms with van der Waals surface area (Å²) in [5.41, 5.74) is 6.08. The number of hydrogen-bond donors (Lipinski definition) is 4. The maximum atomic E-state index is 14.9. The van der Waals surface area contributed by atoms with Crippen molar-refractivity contribution in [2.75, 3.05) is 19.7 Å². The molecule has 3 aliphatic carbocycles. The second-order valence-electron chi connectivity index (χ2n) is 17.6. The van der Waals surface area contributed by atoms with E-state index in [9.17, 15) is 24.0 Å². The molecule has 2 fully saturated rings. The molecule has 1 heterocycles. The minimum absolute atomic E-state index is 0.0773. The van der Waals surface area contributed by atoms with Gasteiger partial charge in [0, 0.05) is 12.5 Å².